The maximum Gasteiger partial charge on any atom is 0.319 e. The molecule has 0 saturated carbocycles. The lowest BCUT2D eigenvalue weighted by Gasteiger charge is -2.44. The fraction of sp³-hybridized carbons (Fsp3) is 0.571. The molecule has 0 saturated heterocycles. The van der Waals surface area contributed by atoms with Crippen LogP contribution in [0.3, 0.4) is 0 Å². The average Bonchev–Trinajstić information content (AvgIpc) is 2.80. The third kappa shape index (κ3) is 11.4. The van der Waals surface area contributed by atoms with Gasteiger partial charge in [-0.2, -0.15) is 0 Å². The van der Waals surface area contributed by atoms with Crippen LogP contribution in [0.4, 0.5) is 0 Å². The highest BCUT2D eigenvalue weighted by atomic mass is 28.5. The molecule has 0 aliphatic carbocycles. The molecular formula is C28H50O3Si4. The summed E-state index contributed by atoms with van der Waals surface area (Å²) in [4.78, 5) is 0. The first kappa shape index (κ1) is 30.4. The summed E-state index contributed by atoms with van der Waals surface area (Å²) >= 11 is 0. The smallest absolute Gasteiger partial charge is 0.319 e. The summed E-state index contributed by atoms with van der Waals surface area (Å²) in [6, 6.07) is 26.0. The van der Waals surface area contributed by atoms with E-state index in [9.17, 15) is 0 Å². The maximum atomic E-state index is 7.38. The average molecular weight is 547 g/mol. The van der Waals surface area contributed by atoms with Crippen molar-refractivity contribution in [2.45, 2.75) is 103 Å². The molecule has 2 aromatic carbocycles. The Labute approximate surface area is 220 Å². The van der Waals surface area contributed by atoms with Gasteiger partial charge < -0.3 is 12.3 Å². The van der Waals surface area contributed by atoms with Crippen molar-refractivity contribution < 1.29 is 12.3 Å². The summed E-state index contributed by atoms with van der Waals surface area (Å²) < 4.78 is 21.6. The highest BCUT2D eigenvalue weighted by molar-refractivity contribution is 6.90. The van der Waals surface area contributed by atoms with Gasteiger partial charge in [0.2, 0.25) is 0 Å². The Morgan fingerprint density at radius 1 is 0.571 bits per heavy atom. The summed E-state index contributed by atoms with van der Waals surface area (Å²) in [6.45, 7) is 18.5. The molecule has 0 aliphatic heterocycles. The highest BCUT2D eigenvalue weighted by Crippen LogP contribution is 2.34. The molecule has 0 heterocycles. The Hall–Kier alpha value is -0.812. The lowest BCUT2D eigenvalue weighted by Crippen LogP contribution is -2.59. The van der Waals surface area contributed by atoms with E-state index in [0.717, 1.165) is 31.0 Å². The van der Waals surface area contributed by atoms with Crippen molar-refractivity contribution in [3.05, 3.63) is 71.8 Å². The summed E-state index contributed by atoms with van der Waals surface area (Å²) in [7, 11) is -8.59. The molecule has 0 N–H and O–H groups in total. The van der Waals surface area contributed by atoms with Crippen molar-refractivity contribution in [3.63, 3.8) is 0 Å². The fourth-order valence-corrected chi connectivity index (χ4v) is 24.1. The van der Waals surface area contributed by atoms with Gasteiger partial charge in [0.1, 0.15) is 0 Å². The number of benzene rings is 2. The van der Waals surface area contributed by atoms with E-state index in [-0.39, 0.29) is 0 Å². The van der Waals surface area contributed by atoms with E-state index in [0.29, 0.717) is 0 Å². The molecule has 0 bridgehead atoms. The molecule has 0 fully saturated rings. The minimum Gasteiger partial charge on any atom is -0.436 e. The standard InChI is InChI=1S/C28H50O3Si4/c1-9-11-24-33(5,6)30-35(25-22-27-18-14-12-15-19-27,26-23-28-20-16-13-17-21-28)31-34(7,8)29-32(3,4)10-2/h12-21H,9-11,22-26H2,1-8H3. The fourth-order valence-electron chi connectivity index (χ4n) is 4.67. The van der Waals surface area contributed by atoms with Crippen molar-refractivity contribution in [3.8, 4) is 0 Å². The molecule has 0 atom stereocenters. The molecule has 196 valence electrons. The van der Waals surface area contributed by atoms with E-state index in [1.54, 1.807) is 0 Å². The van der Waals surface area contributed by atoms with Crippen LogP contribution < -0.4 is 0 Å². The number of aryl methyl sites for hydroxylation is 2. The predicted octanol–water partition coefficient (Wildman–Crippen LogP) is 8.90. The minimum atomic E-state index is -2.57. The van der Waals surface area contributed by atoms with Gasteiger partial charge in [-0.15, -0.1) is 0 Å². The third-order valence-electron chi connectivity index (χ3n) is 6.67. The molecule has 0 spiro atoms. The molecule has 0 amide bonds. The van der Waals surface area contributed by atoms with Crippen LogP contribution in [0.2, 0.25) is 63.5 Å². The van der Waals surface area contributed by atoms with Gasteiger partial charge >= 0.3 is 17.1 Å². The second kappa shape index (κ2) is 13.7. The largest absolute Gasteiger partial charge is 0.436 e. The van der Waals surface area contributed by atoms with E-state index in [1.165, 1.54) is 30.0 Å². The van der Waals surface area contributed by atoms with Gasteiger partial charge in [0.05, 0.1) is 0 Å². The minimum absolute atomic E-state index is 0.986. The zero-order valence-corrected chi connectivity index (χ0v) is 27.7. The third-order valence-corrected chi connectivity index (χ3v) is 23.3. The van der Waals surface area contributed by atoms with Gasteiger partial charge in [-0.1, -0.05) is 87.4 Å². The monoisotopic (exact) mass is 546 g/mol. The summed E-state index contributed by atoms with van der Waals surface area (Å²) in [5.41, 5.74) is 2.74. The molecule has 2 rings (SSSR count). The molecule has 2 aromatic rings. The van der Waals surface area contributed by atoms with Gasteiger partial charge in [-0.3, -0.25) is 0 Å². The zero-order chi connectivity index (χ0) is 26.0. The van der Waals surface area contributed by atoms with Crippen LogP contribution in [0.1, 0.15) is 37.8 Å². The topological polar surface area (TPSA) is 27.7 Å². The van der Waals surface area contributed by atoms with Crippen LogP contribution >= 0.6 is 0 Å². The number of hydrogen-bond acceptors (Lipinski definition) is 3. The molecule has 3 nitrogen and oxygen atoms in total. The first-order valence-electron chi connectivity index (χ1n) is 13.6. The normalized spacial score (nSPS) is 13.3. The predicted molar refractivity (Wildman–Crippen MR) is 162 cm³/mol. The Morgan fingerprint density at radius 2 is 1.06 bits per heavy atom. The van der Waals surface area contributed by atoms with Crippen molar-refractivity contribution in [1.29, 1.82) is 0 Å². The first-order valence-corrected chi connectivity index (χ1v) is 24.9. The molecule has 0 radical (unpaired) electrons. The highest BCUT2D eigenvalue weighted by Gasteiger charge is 2.48. The van der Waals surface area contributed by atoms with Crippen LogP contribution in [0, 0.1) is 0 Å². The quantitative estimate of drug-likeness (QED) is 0.197. The van der Waals surface area contributed by atoms with Gasteiger partial charge in [-0.05, 0) is 87.4 Å². The van der Waals surface area contributed by atoms with Gasteiger partial charge in [0.15, 0.2) is 16.6 Å². The van der Waals surface area contributed by atoms with E-state index >= 15 is 0 Å². The summed E-state index contributed by atoms with van der Waals surface area (Å²) in [5.74, 6) is 0. The van der Waals surface area contributed by atoms with Gasteiger partial charge in [-0.25, -0.2) is 0 Å². The Morgan fingerprint density at radius 3 is 1.49 bits per heavy atom. The second-order valence-electron chi connectivity index (χ2n) is 11.6. The SMILES string of the molecule is CCCC[Si](C)(C)O[Si](CCc1ccccc1)(CCc1ccccc1)O[Si](C)(C)O[Si](C)(C)CC. The van der Waals surface area contributed by atoms with Gasteiger partial charge in [0, 0.05) is 0 Å². The van der Waals surface area contributed by atoms with Crippen molar-refractivity contribution in [1.82, 2.24) is 0 Å². The van der Waals surface area contributed by atoms with E-state index < -0.39 is 33.8 Å². The number of hydrogen-bond donors (Lipinski definition) is 0. The zero-order valence-electron chi connectivity index (χ0n) is 23.7. The van der Waals surface area contributed by atoms with Crippen molar-refractivity contribution in [2.24, 2.45) is 0 Å². The summed E-state index contributed by atoms with van der Waals surface area (Å²) in [6.07, 6.45) is 4.44. The second-order valence-corrected chi connectivity index (χ2v) is 27.9. The Balaban J connectivity index is 2.41. The Kier molecular flexibility index (Phi) is 11.9. The number of rotatable bonds is 16. The van der Waals surface area contributed by atoms with Crippen molar-refractivity contribution in [2.75, 3.05) is 0 Å². The van der Waals surface area contributed by atoms with Crippen LogP contribution in [0.25, 0.3) is 0 Å². The lowest BCUT2D eigenvalue weighted by molar-refractivity contribution is 0.312. The molecule has 7 heteroatoms. The molecular weight excluding hydrogens is 497 g/mol. The Bertz CT molecular complexity index is 814. The van der Waals surface area contributed by atoms with Crippen LogP contribution in [0.15, 0.2) is 60.7 Å². The van der Waals surface area contributed by atoms with Crippen LogP contribution in [-0.2, 0) is 25.2 Å². The first-order chi connectivity index (χ1) is 16.4. The molecule has 0 aliphatic rings. The number of unbranched alkanes of at least 4 members (excludes halogenated alkanes) is 1. The van der Waals surface area contributed by atoms with E-state index in [4.69, 9.17) is 12.3 Å². The van der Waals surface area contributed by atoms with E-state index in [2.05, 4.69) is 114 Å². The van der Waals surface area contributed by atoms with Crippen LogP contribution in [0.5, 0.6) is 0 Å². The molecule has 0 aromatic heterocycles. The molecule has 35 heavy (non-hydrogen) atoms. The molecule has 0 unspecified atom stereocenters. The maximum absolute atomic E-state index is 7.38. The summed E-state index contributed by atoms with van der Waals surface area (Å²) in [5, 5.41) is 0. The van der Waals surface area contributed by atoms with Gasteiger partial charge in [0.25, 0.3) is 0 Å². The van der Waals surface area contributed by atoms with E-state index in [1.807, 2.05) is 0 Å². The van der Waals surface area contributed by atoms with Crippen LogP contribution in [-0.4, -0.2) is 33.8 Å². The lowest BCUT2D eigenvalue weighted by atomic mass is 10.2. The van der Waals surface area contributed by atoms with Crippen molar-refractivity contribution >= 4 is 33.8 Å².